The van der Waals surface area contributed by atoms with E-state index in [-0.39, 0.29) is 23.5 Å². The molecule has 4 bridgehead atoms. The molecule has 1 heterocycles. The summed E-state index contributed by atoms with van der Waals surface area (Å²) in [4.78, 5) is 26.0. The Morgan fingerprint density at radius 2 is 1.76 bits per heavy atom. The Labute approximate surface area is 193 Å². The molecule has 0 saturated heterocycles. The van der Waals surface area contributed by atoms with Crippen molar-refractivity contribution in [2.75, 3.05) is 5.32 Å². The Hall–Kier alpha value is -2.74. The van der Waals surface area contributed by atoms with Crippen LogP contribution in [0.1, 0.15) is 85.8 Å². The van der Waals surface area contributed by atoms with Gasteiger partial charge in [-0.3, -0.25) is 4.79 Å². The lowest BCUT2D eigenvalue weighted by Gasteiger charge is -2.56. The summed E-state index contributed by atoms with van der Waals surface area (Å²) in [5.41, 5.74) is 0.763. The summed E-state index contributed by atoms with van der Waals surface area (Å²) in [6.07, 6.45) is 7.34. The third-order valence-corrected chi connectivity index (χ3v) is 7.36. The minimum absolute atomic E-state index is 0.0934. The number of rotatable bonds is 6. The minimum Gasteiger partial charge on any atom is -0.478 e. The number of nitrogens with one attached hydrogen (secondary N) is 1. The number of carbonyl (C=O) groups excluding carboxylic acids is 1. The molecule has 0 spiro atoms. The van der Waals surface area contributed by atoms with Gasteiger partial charge in [-0.15, -0.1) is 5.10 Å². The number of aromatic carboxylic acids is 1. The fourth-order valence-corrected chi connectivity index (χ4v) is 6.26. The predicted octanol–water partition coefficient (Wildman–Crippen LogP) is 4.47. The predicted molar refractivity (Wildman–Crippen MR) is 122 cm³/mol. The van der Waals surface area contributed by atoms with Gasteiger partial charge in [-0.2, -0.15) is 9.90 Å². The molecule has 1 aromatic carbocycles. The van der Waals surface area contributed by atoms with Crippen LogP contribution in [0.4, 0.5) is 5.69 Å². The molecule has 4 saturated carbocycles. The molecule has 8 nitrogen and oxygen atoms in total. The lowest BCUT2D eigenvalue weighted by atomic mass is 9.54. The number of amides is 1. The highest BCUT2D eigenvalue weighted by molar-refractivity contribution is 6.04. The van der Waals surface area contributed by atoms with Gasteiger partial charge in [0.1, 0.15) is 5.69 Å². The summed E-state index contributed by atoms with van der Waals surface area (Å²) < 4.78 is 6.57. The van der Waals surface area contributed by atoms with E-state index in [1.165, 1.54) is 31.4 Å². The number of hydrogen-bond donors (Lipinski definition) is 2. The van der Waals surface area contributed by atoms with E-state index < -0.39 is 17.4 Å². The summed E-state index contributed by atoms with van der Waals surface area (Å²) in [7, 11) is 0. The normalized spacial score (nSPS) is 28.2. The molecule has 0 radical (unpaired) electrons. The highest BCUT2D eigenvalue weighted by atomic mass is 16.5. The number of carbonyl (C=O) groups is 2. The van der Waals surface area contributed by atoms with Crippen molar-refractivity contribution in [2.24, 2.45) is 17.8 Å². The van der Waals surface area contributed by atoms with E-state index in [9.17, 15) is 14.7 Å². The van der Waals surface area contributed by atoms with Crippen LogP contribution in [0.25, 0.3) is 0 Å². The second kappa shape index (κ2) is 7.94. The number of aromatic nitrogens is 3. The molecule has 4 fully saturated rings. The molecule has 0 atom stereocenters. The van der Waals surface area contributed by atoms with Gasteiger partial charge in [0.25, 0.3) is 5.91 Å². The van der Waals surface area contributed by atoms with Crippen LogP contribution in [0.3, 0.4) is 0 Å². The molecule has 0 aliphatic heterocycles. The van der Waals surface area contributed by atoms with Crippen molar-refractivity contribution in [3.8, 4) is 0 Å². The first-order valence-corrected chi connectivity index (χ1v) is 11.9. The number of carboxylic acids is 1. The summed E-state index contributed by atoms with van der Waals surface area (Å²) >= 11 is 0. The lowest BCUT2D eigenvalue weighted by molar-refractivity contribution is -0.169. The van der Waals surface area contributed by atoms with Crippen LogP contribution in [0.2, 0.25) is 0 Å². The first-order chi connectivity index (χ1) is 15.6. The Balaban J connectivity index is 1.37. The fourth-order valence-electron chi connectivity index (χ4n) is 6.26. The van der Waals surface area contributed by atoms with E-state index in [1.807, 2.05) is 20.8 Å². The van der Waals surface area contributed by atoms with Crippen molar-refractivity contribution in [3.05, 3.63) is 41.2 Å². The first-order valence-electron chi connectivity index (χ1n) is 11.9. The largest absolute Gasteiger partial charge is 0.478 e. The van der Waals surface area contributed by atoms with Crippen molar-refractivity contribution in [2.45, 2.75) is 77.0 Å². The Morgan fingerprint density at radius 1 is 1.12 bits per heavy atom. The van der Waals surface area contributed by atoms with E-state index in [0.29, 0.717) is 11.4 Å². The number of benzene rings is 1. The third-order valence-electron chi connectivity index (χ3n) is 7.36. The molecule has 2 aromatic rings. The maximum atomic E-state index is 13.1. The van der Waals surface area contributed by atoms with E-state index in [0.717, 1.165) is 37.0 Å². The number of nitrogens with zero attached hydrogens (tertiary/aromatic N) is 3. The smallest absolute Gasteiger partial charge is 0.335 e. The summed E-state index contributed by atoms with van der Waals surface area (Å²) in [5, 5.41) is 21.1. The van der Waals surface area contributed by atoms with Crippen LogP contribution in [0.5, 0.6) is 0 Å². The summed E-state index contributed by atoms with van der Waals surface area (Å²) in [6, 6.07) is 6.17. The van der Waals surface area contributed by atoms with Crippen molar-refractivity contribution >= 4 is 17.6 Å². The van der Waals surface area contributed by atoms with E-state index >= 15 is 0 Å². The highest BCUT2D eigenvalue weighted by Crippen LogP contribution is 2.57. The van der Waals surface area contributed by atoms with Crippen LogP contribution in [0, 0.1) is 17.8 Å². The molecule has 4 aliphatic carbocycles. The molecule has 1 aromatic heterocycles. The number of anilines is 1. The molecule has 4 aliphatic rings. The highest BCUT2D eigenvalue weighted by Gasteiger charge is 2.51. The van der Waals surface area contributed by atoms with Crippen LogP contribution in [0.15, 0.2) is 24.3 Å². The van der Waals surface area contributed by atoms with Gasteiger partial charge in [-0.25, -0.2) is 4.79 Å². The molecule has 6 rings (SSSR count). The van der Waals surface area contributed by atoms with Crippen molar-refractivity contribution in [1.82, 2.24) is 15.0 Å². The second-order valence-corrected chi connectivity index (χ2v) is 11.2. The zero-order valence-corrected chi connectivity index (χ0v) is 19.5. The second-order valence-electron chi connectivity index (χ2n) is 11.2. The molecular weight excluding hydrogens is 420 g/mol. The molecule has 1 amide bonds. The van der Waals surface area contributed by atoms with Gasteiger partial charge < -0.3 is 15.2 Å². The van der Waals surface area contributed by atoms with Gasteiger partial charge in [-0.1, -0.05) is 6.07 Å². The average Bonchev–Trinajstić information content (AvgIpc) is 3.17. The van der Waals surface area contributed by atoms with E-state index in [1.54, 1.807) is 16.9 Å². The van der Waals surface area contributed by atoms with Gasteiger partial charge in [0.05, 0.1) is 23.3 Å². The zero-order valence-electron chi connectivity index (χ0n) is 19.5. The maximum Gasteiger partial charge on any atom is 0.335 e. The Morgan fingerprint density at radius 3 is 2.33 bits per heavy atom. The fraction of sp³-hybridized carbons (Fsp3) is 0.600. The number of ether oxygens (including phenoxy) is 1. The van der Waals surface area contributed by atoms with Crippen molar-refractivity contribution in [1.29, 1.82) is 0 Å². The lowest BCUT2D eigenvalue weighted by Crippen LogP contribution is -2.51. The van der Waals surface area contributed by atoms with Gasteiger partial charge in [0.2, 0.25) is 0 Å². The minimum atomic E-state index is -1.05. The SMILES string of the molecule is CC(C)(C)n1nc(COC23CC4CC(CC(C4)C2)C3)c(C(=O)Nc2cccc(C(=O)O)c2)n1. The number of hydrogen-bond acceptors (Lipinski definition) is 5. The van der Waals surface area contributed by atoms with Crippen LogP contribution < -0.4 is 5.32 Å². The van der Waals surface area contributed by atoms with Crippen LogP contribution >= 0.6 is 0 Å². The van der Waals surface area contributed by atoms with E-state index in [4.69, 9.17) is 4.74 Å². The molecule has 0 unspecified atom stereocenters. The van der Waals surface area contributed by atoms with Gasteiger partial charge in [-0.05, 0) is 95.2 Å². The van der Waals surface area contributed by atoms with E-state index in [2.05, 4.69) is 15.5 Å². The molecule has 8 heteroatoms. The summed E-state index contributed by atoms with van der Waals surface area (Å²) in [5.74, 6) is 0.842. The standard InChI is InChI=1S/C25H32N4O4/c1-24(2,3)29-27-20(14-33-25-11-15-7-16(12-25)9-17(8-15)13-25)21(28-29)22(30)26-19-6-4-5-18(10-19)23(31)32/h4-6,10,15-17H,7-9,11-14H2,1-3H3,(H,26,30)(H,31,32). The van der Waals surface area contributed by atoms with Crippen LogP contribution in [-0.4, -0.2) is 37.6 Å². The first kappa shape index (κ1) is 22.1. The topological polar surface area (TPSA) is 106 Å². The van der Waals surface area contributed by atoms with Gasteiger partial charge in [0, 0.05) is 5.69 Å². The maximum absolute atomic E-state index is 13.1. The van der Waals surface area contributed by atoms with Gasteiger partial charge in [0.15, 0.2) is 5.69 Å². The molecule has 33 heavy (non-hydrogen) atoms. The molecule has 2 N–H and O–H groups in total. The Kier molecular flexibility index (Phi) is 5.31. The monoisotopic (exact) mass is 452 g/mol. The third kappa shape index (κ3) is 4.40. The molecule has 176 valence electrons. The quantitative estimate of drug-likeness (QED) is 0.670. The zero-order chi connectivity index (χ0) is 23.4. The number of carboxylic acid groups (broad SMARTS) is 1. The van der Waals surface area contributed by atoms with Gasteiger partial charge >= 0.3 is 5.97 Å². The molecular formula is C25H32N4O4. The average molecular weight is 453 g/mol. The van der Waals surface area contributed by atoms with Crippen molar-refractivity contribution < 1.29 is 19.4 Å². The Bertz CT molecular complexity index is 1050. The van der Waals surface area contributed by atoms with Crippen molar-refractivity contribution in [3.63, 3.8) is 0 Å². The summed E-state index contributed by atoms with van der Waals surface area (Å²) in [6.45, 7) is 6.19. The van der Waals surface area contributed by atoms with Crippen LogP contribution in [-0.2, 0) is 16.9 Å².